The van der Waals surface area contributed by atoms with Gasteiger partial charge in [0.05, 0.1) is 11.1 Å². The summed E-state index contributed by atoms with van der Waals surface area (Å²) in [5, 5.41) is 24.6. The SMILES string of the molecule is CC(O)c1cc(NC(=O)NC=Cc2ccccc2)cc(Cl)c1O. The van der Waals surface area contributed by atoms with Crippen molar-refractivity contribution in [2.45, 2.75) is 13.0 Å². The number of rotatable bonds is 4. The maximum atomic E-state index is 11.8. The Hall–Kier alpha value is -2.50. The number of amides is 2. The molecule has 0 saturated carbocycles. The van der Waals surface area contributed by atoms with Crippen LogP contribution < -0.4 is 10.6 Å². The summed E-state index contributed by atoms with van der Waals surface area (Å²) in [6.45, 7) is 1.50. The molecule has 0 aliphatic rings. The van der Waals surface area contributed by atoms with Crippen LogP contribution in [0.4, 0.5) is 10.5 Å². The second kappa shape index (κ2) is 7.67. The van der Waals surface area contributed by atoms with E-state index in [1.165, 1.54) is 25.3 Å². The third-order valence-corrected chi connectivity index (χ3v) is 3.38. The lowest BCUT2D eigenvalue weighted by Gasteiger charge is -2.12. The molecule has 2 rings (SSSR count). The largest absolute Gasteiger partial charge is 0.506 e. The van der Waals surface area contributed by atoms with Crippen LogP contribution >= 0.6 is 11.6 Å². The summed E-state index contributed by atoms with van der Waals surface area (Å²) in [5.41, 5.74) is 1.57. The second-order valence-corrected chi connectivity index (χ2v) is 5.32. The molecule has 0 radical (unpaired) electrons. The molecule has 6 heteroatoms. The molecular weight excluding hydrogens is 316 g/mol. The van der Waals surface area contributed by atoms with Crippen LogP contribution in [-0.2, 0) is 0 Å². The highest BCUT2D eigenvalue weighted by Gasteiger charge is 2.13. The average molecular weight is 333 g/mol. The molecule has 5 nitrogen and oxygen atoms in total. The van der Waals surface area contributed by atoms with Gasteiger partial charge in [-0.05, 0) is 30.7 Å². The van der Waals surface area contributed by atoms with E-state index in [2.05, 4.69) is 10.6 Å². The van der Waals surface area contributed by atoms with Gasteiger partial charge in [0.2, 0.25) is 0 Å². The highest BCUT2D eigenvalue weighted by atomic mass is 35.5. The Morgan fingerprint density at radius 1 is 1.26 bits per heavy atom. The molecular formula is C17H17ClN2O3. The van der Waals surface area contributed by atoms with Crippen molar-refractivity contribution in [1.29, 1.82) is 0 Å². The number of hydrogen-bond acceptors (Lipinski definition) is 3. The van der Waals surface area contributed by atoms with Crippen LogP contribution in [0.5, 0.6) is 5.75 Å². The van der Waals surface area contributed by atoms with Gasteiger partial charge in [-0.25, -0.2) is 4.79 Å². The first-order chi connectivity index (χ1) is 11.0. The minimum absolute atomic E-state index is 0.0542. The van der Waals surface area contributed by atoms with E-state index >= 15 is 0 Å². The number of carbonyl (C=O) groups is 1. The monoisotopic (exact) mass is 332 g/mol. The first-order valence-corrected chi connectivity index (χ1v) is 7.34. The smallest absolute Gasteiger partial charge is 0.323 e. The number of halogens is 1. The van der Waals surface area contributed by atoms with E-state index in [-0.39, 0.29) is 16.3 Å². The minimum atomic E-state index is -0.907. The van der Waals surface area contributed by atoms with Crippen molar-refractivity contribution >= 4 is 29.4 Å². The standard InChI is InChI=1S/C17H17ClN2O3/c1-11(21)14-9-13(10-15(18)16(14)22)20-17(23)19-8-7-12-5-3-2-4-6-12/h2-11,21-22H,1H3,(H2,19,20,23). The lowest BCUT2D eigenvalue weighted by Crippen LogP contribution is -2.23. The molecule has 23 heavy (non-hydrogen) atoms. The van der Waals surface area contributed by atoms with Gasteiger partial charge in [-0.3, -0.25) is 0 Å². The van der Waals surface area contributed by atoms with E-state index in [4.69, 9.17) is 11.6 Å². The molecule has 120 valence electrons. The van der Waals surface area contributed by atoms with Gasteiger partial charge < -0.3 is 20.8 Å². The molecule has 1 unspecified atom stereocenters. The van der Waals surface area contributed by atoms with E-state index in [0.29, 0.717) is 5.69 Å². The maximum absolute atomic E-state index is 11.8. The summed E-state index contributed by atoms with van der Waals surface area (Å²) < 4.78 is 0. The number of anilines is 1. The van der Waals surface area contributed by atoms with Crippen LogP contribution in [0.25, 0.3) is 6.08 Å². The Bertz CT molecular complexity index is 715. The summed E-state index contributed by atoms with van der Waals surface area (Å²) in [6, 6.07) is 11.9. The molecule has 0 saturated heterocycles. The molecule has 0 aromatic heterocycles. The maximum Gasteiger partial charge on any atom is 0.323 e. The number of aromatic hydroxyl groups is 1. The van der Waals surface area contributed by atoms with Gasteiger partial charge in [0.1, 0.15) is 5.75 Å². The van der Waals surface area contributed by atoms with Gasteiger partial charge in [0.15, 0.2) is 0 Å². The number of hydrogen-bond donors (Lipinski definition) is 4. The lowest BCUT2D eigenvalue weighted by atomic mass is 10.1. The number of phenolic OH excluding ortho intramolecular Hbond substituents is 1. The van der Waals surface area contributed by atoms with Crippen molar-refractivity contribution in [1.82, 2.24) is 5.32 Å². The molecule has 0 fully saturated rings. The van der Waals surface area contributed by atoms with Crippen molar-refractivity contribution in [2.75, 3.05) is 5.32 Å². The Balaban J connectivity index is 2.02. The Morgan fingerprint density at radius 3 is 2.61 bits per heavy atom. The average Bonchev–Trinajstić information content (AvgIpc) is 2.51. The third kappa shape index (κ3) is 4.74. The lowest BCUT2D eigenvalue weighted by molar-refractivity contribution is 0.195. The normalized spacial score (nSPS) is 12.1. The molecule has 2 amide bonds. The molecule has 4 N–H and O–H groups in total. The summed E-state index contributed by atoms with van der Waals surface area (Å²) in [4.78, 5) is 11.8. The van der Waals surface area contributed by atoms with E-state index in [1.807, 2.05) is 30.3 Å². The van der Waals surface area contributed by atoms with Crippen LogP contribution in [0.15, 0.2) is 48.7 Å². The minimum Gasteiger partial charge on any atom is -0.506 e. The number of aliphatic hydroxyl groups excluding tert-OH is 1. The third-order valence-electron chi connectivity index (χ3n) is 3.09. The van der Waals surface area contributed by atoms with Crippen molar-refractivity contribution in [3.63, 3.8) is 0 Å². The number of urea groups is 1. The summed E-state index contributed by atoms with van der Waals surface area (Å²) in [7, 11) is 0. The Labute approximate surface area is 139 Å². The predicted octanol–water partition coefficient (Wildman–Crippen LogP) is 3.89. The molecule has 2 aromatic rings. The van der Waals surface area contributed by atoms with E-state index in [1.54, 1.807) is 6.08 Å². The predicted molar refractivity (Wildman–Crippen MR) is 91.4 cm³/mol. The van der Waals surface area contributed by atoms with Crippen LogP contribution in [-0.4, -0.2) is 16.2 Å². The summed E-state index contributed by atoms with van der Waals surface area (Å²) in [6.07, 6.45) is 2.36. The fourth-order valence-electron chi connectivity index (χ4n) is 1.96. The fraction of sp³-hybridized carbons (Fsp3) is 0.118. The van der Waals surface area contributed by atoms with Gasteiger partial charge in [0.25, 0.3) is 0 Å². The Morgan fingerprint density at radius 2 is 1.96 bits per heavy atom. The molecule has 0 aliphatic heterocycles. The highest BCUT2D eigenvalue weighted by molar-refractivity contribution is 6.32. The molecule has 0 spiro atoms. The zero-order chi connectivity index (χ0) is 16.8. The quantitative estimate of drug-likeness (QED) is 0.641. The van der Waals surface area contributed by atoms with Crippen molar-refractivity contribution in [3.8, 4) is 5.75 Å². The van der Waals surface area contributed by atoms with Crippen LogP contribution in [0.2, 0.25) is 5.02 Å². The van der Waals surface area contributed by atoms with E-state index in [9.17, 15) is 15.0 Å². The first kappa shape index (κ1) is 16.9. The second-order valence-electron chi connectivity index (χ2n) is 4.91. The first-order valence-electron chi connectivity index (χ1n) is 6.97. The fourth-order valence-corrected chi connectivity index (χ4v) is 2.18. The van der Waals surface area contributed by atoms with Crippen LogP contribution in [0.3, 0.4) is 0 Å². The summed E-state index contributed by atoms with van der Waals surface area (Å²) in [5.74, 6) is -0.198. The Kier molecular flexibility index (Phi) is 5.62. The topological polar surface area (TPSA) is 81.6 Å². The van der Waals surface area contributed by atoms with Gasteiger partial charge in [-0.1, -0.05) is 41.9 Å². The van der Waals surface area contributed by atoms with Crippen molar-refractivity contribution in [2.24, 2.45) is 0 Å². The number of aliphatic hydroxyl groups is 1. The number of carbonyl (C=O) groups excluding carboxylic acids is 1. The van der Waals surface area contributed by atoms with Gasteiger partial charge in [0, 0.05) is 17.5 Å². The highest BCUT2D eigenvalue weighted by Crippen LogP contribution is 2.34. The van der Waals surface area contributed by atoms with Gasteiger partial charge in [-0.2, -0.15) is 0 Å². The molecule has 1 atom stereocenters. The van der Waals surface area contributed by atoms with E-state index in [0.717, 1.165) is 5.56 Å². The van der Waals surface area contributed by atoms with E-state index < -0.39 is 12.1 Å². The molecule has 0 aliphatic carbocycles. The molecule has 0 heterocycles. The summed E-state index contributed by atoms with van der Waals surface area (Å²) >= 11 is 5.88. The van der Waals surface area contributed by atoms with Crippen molar-refractivity contribution in [3.05, 3.63) is 64.8 Å². The molecule has 0 bridgehead atoms. The van der Waals surface area contributed by atoms with Crippen LogP contribution in [0.1, 0.15) is 24.2 Å². The number of nitrogens with one attached hydrogen (secondary N) is 2. The van der Waals surface area contributed by atoms with Crippen LogP contribution in [0, 0.1) is 0 Å². The number of phenols is 1. The molecule has 2 aromatic carbocycles. The van der Waals surface area contributed by atoms with Gasteiger partial charge >= 0.3 is 6.03 Å². The van der Waals surface area contributed by atoms with Crippen molar-refractivity contribution < 1.29 is 15.0 Å². The number of benzene rings is 2. The zero-order valence-electron chi connectivity index (χ0n) is 12.5. The van der Waals surface area contributed by atoms with Gasteiger partial charge in [-0.15, -0.1) is 0 Å². The zero-order valence-corrected chi connectivity index (χ0v) is 13.2.